The summed E-state index contributed by atoms with van der Waals surface area (Å²) >= 11 is 0. The lowest BCUT2D eigenvalue weighted by molar-refractivity contribution is -0.130. The van der Waals surface area contributed by atoms with Crippen LogP contribution >= 0.6 is 0 Å². The minimum Gasteiger partial charge on any atom is -0.490 e. The fourth-order valence-electron chi connectivity index (χ4n) is 2.86. The second kappa shape index (κ2) is 10.1. The summed E-state index contributed by atoms with van der Waals surface area (Å²) < 4.78 is 17.1. The van der Waals surface area contributed by atoms with Gasteiger partial charge in [-0.05, 0) is 43.9 Å². The van der Waals surface area contributed by atoms with E-state index in [1.807, 2.05) is 25.1 Å². The van der Waals surface area contributed by atoms with E-state index in [9.17, 15) is 9.59 Å². The van der Waals surface area contributed by atoms with E-state index in [-0.39, 0.29) is 11.9 Å². The normalized spacial score (nSPS) is 14.1. The zero-order valence-corrected chi connectivity index (χ0v) is 17.7. The highest BCUT2D eigenvalue weighted by Crippen LogP contribution is 2.30. The van der Waals surface area contributed by atoms with Crippen molar-refractivity contribution in [1.82, 2.24) is 5.32 Å². The molecule has 1 N–H and O–H groups in total. The Bertz CT molecular complexity index is 861. The molecule has 0 saturated heterocycles. The molecule has 1 atom stereocenters. The minimum atomic E-state index is -1.01. The van der Waals surface area contributed by atoms with Crippen LogP contribution in [0.4, 0.5) is 0 Å². The first-order chi connectivity index (χ1) is 14.5. The third-order valence-electron chi connectivity index (χ3n) is 4.54. The molecule has 0 spiro atoms. The predicted octanol–water partition coefficient (Wildman–Crippen LogP) is 4.30. The maximum Gasteiger partial charge on any atom is 0.339 e. The molecule has 0 aromatic heterocycles. The van der Waals surface area contributed by atoms with Gasteiger partial charge in [0.05, 0.1) is 18.8 Å². The van der Waals surface area contributed by atoms with Crippen LogP contribution in [0.25, 0.3) is 0 Å². The van der Waals surface area contributed by atoms with E-state index in [4.69, 9.17) is 14.2 Å². The average molecular weight is 411 g/mol. The van der Waals surface area contributed by atoms with Crippen LogP contribution in [0.1, 0.15) is 55.6 Å². The highest BCUT2D eigenvalue weighted by atomic mass is 16.5. The molecule has 1 amide bonds. The topological polar surface area (TPSA) is 73.9 Å². The zero-order valence-electron chi connectivity index (χ0n) is 17.7. The van der Waals surface area contributed by atoms with Gasteiger partial charge in [-0.25, -0.2) is 4.79 Å². The molecule has 0 radical (unpaired) electrons. The number of carbonyl (C=O) groups is 2. The number of esters is 1. The van der Waals surface area contributed by atoms with Crippen molar-refractivity contribution in [1.29, 1.82) is 0 Å². The number of ether oxygens (including phenoxy) is 3. The molecule has 30 heavy (non-hydrogen) atoms. The fraction of sp³-hybridized carbons (Fsp3) is 0.417. The summed E-state index contributed by atoms with van der Waals surface area (Å²) in [6.07, 6.45) is 0.903. The molecule has 2 aromatic carbocycles. The molecule has 2 aromatic rings. The second-order valence-corrected chi connectivity index (χ2v) is 7.78. The second-order valence-electron chi connectivity index (χ2n) is 7.78. The standard InChI is InChI=1S/C24H29NO5/c1-4-28-21-14-18(10-13-20(21)29-15-16(2)3)24(27)30-22(17-8-6-5-7-9-17)23(26)25-19-11-12-19/h5-10,13-14,16,19,22H,4,11-12,15H2,1-3H3,(H,25,26). The number of carbonyl (C=O) groups excluding carboxylic acids is 2. The number of benzene rings is 2. The van der Waals surface area contributed by atoms with Crippen LogP contribution in [0.2, 0.25) is 0 Å². The van der Waals surface area contributed by atoms with Crippen molar-refractivity contribution in [2.75, 3.05) is 13.2 Å². The van der Waals surface area contributed by atoms with Gasteiger partial charge in [0, 0.05) is 11.6 Å². The van der Waals surface area contributed by atoms with Gasteiger partial charge in [0.1, 0.15) is 0 Å². The molecule has 0 bridgehead atoms. The SMILES string of the molecule is CCOc1cc(C(=O)OC(C(=O)NC2CC2)c2ccccc2)ccc1OCC(C)C. The van der Waals surface area contributed by atoms with Gasteiger partial charge in [0.25, 0.3) is 5.91 Å². The average Bonchev–Trinajstić information content (AvgIpc) is 3.55. The summed E-state index contributed by atoms with van der Waals surface area (Å²) in [7, 11) is 0. The maximum atomic E-state index is 12.9. The molecular weight excluding hydrogens is 382 g/mol. The lowest BCUT2D eigenvalue weighted by atomic mass is 10.1. The zero-order chi connectivity index (χ0) is 21.5. The van der Waals surface area contributed by atoms with Crippen LogP contribution in [0.5, 0.6) is 11.5 Å². The van der Waals surface area contributed by atoms with Gasteiger partial charge < -0.3 is 19.5 Å². The third kappa shape index (κ3) is 5.99. The Hall–Kier alpha value is -3.02. The molecule has 1 saturated carbocycles. The molecule has 0 aliphatic heterocycles. The quantitative estimate of drug-likeness (QED) is 0.590. The van der Waals surface area contributed by atoms with Gasteiger partial charge in [-0.3, -0.25) is 4.79 Å². The molecule has 6 nitrogen and oxygen atoms in total. The van der Waals surface area contributed by atoms with Crippen LogP contribution in [0, 0.1) is 5.92 Å². The van der Waals surface area contributed by atoms with E-state index in [1.165, 1.54) is 0 Å². The van der Waals surface area contributed by atoms with E-state index in [2.05, 4.69) is 19.2 Å². The summed E-state index contributed by atoms with van der Waals surface area (Å²) in [6, 6.07) is 14.1. The number of amides is 1. The molecule has 1 unspecified atom stereocenters. The number of hydrogen-bond donors (Lipinski definition) is 1. The molecule has 1 fully saturated rings. The summed E-state index contributed by atoms with van der Waals surface area (Å²) in [5.41, 5.74) is 0.932. The largest absolute Gasteiger partial charge is 0.490 e. The Morgan fingerprint density at radius 1 is 1.03 bits per heavy atom. The Morgan fingerprint density at radius 2 is 1.77 bits per heavy atom. The van der Waals surface area contributed by atoms with E-state index in [0.717, 1.165) is 12.8 Å². The monoisotopic (exact) mass is 411 g/mol. The smallest absolute Gasteiger partial charge is 0.339 e. The maximum absolute atomic E-state index is 12.9. The van der Waals surface area contributed by atoms with Gasteiger partial charge in [-0.2, -0.15) is 0 Å². The van der Waals surface area contributed by atoms with Crippen molar-refractivity contribution < 1.29 is 23.8 Å². The minimum absolute atomic E-state index is 0.171. The van der Waals surface area contributed by atoms with Crippen LogP contribution < -0.4 is 14.8 Å². The Morgan fingerprint density at radius 3 is 2.40 bits per heavy atom. The number of rotatable bonds is 10. The summed E-state index contributed by atoms with van der Waals surface area (Å²) in [5.74, 6) is 0.519. The van der Waals surface area contributed by atoms with Gasteiger partial charge in [-0.15, -0.1) is 0 Å². The van der Waals surface area contributed by atoms with Crippen LogP contribution in [0.15, 0.2) is 48.5 Å². The lowest BCUT2D eigenvalue weighted by Crippen LogP contribution is -2.33. The van der Waals surface area contributed by atoms with E-state index >= 15 is 0 Å². The van der Waals surface area contributed by atoms with Crippen molar-refractivity contribution in [3.05, 3.63) is 59.7 Å². The molecule has 1 aliphatic rings. The molecule has 160 valence electrons. The van der Waals surface area contributed by atoms with Gasteiger partial charge in [0.2, 0.25) is 6.10 Å². The first kappa shape index (κ1) is 21.7. The van der Waals surface area contributed by atoms with Gasteiger partial charge in [-0.1, -0.05) is 44.2 Å². The van der Waals surface area contributed by atoms with Crippen molar-refractivity contribution in [3.63, 3.8) is 0 Å². The Balaban J connectivity index is 1.78. The van der Waals surface area contributed by atoms with E-state index in [0.29, 0.717) is 41.8 Å². The van der Waals surface area contributed by atoms with Crippen LogP contribution in [-0.4, -0.2) is 31.1 Å². The summed E-state index contributed by atoms with van der Waals surface area (Å²) in [4.78, 5) is 25.6. The molecule has 1 aliphatic carbocycles. The van der Waals surface area contributed by atoms with Crippen LogP contribution in [0.3, 0.4) is 0 Å². The highest BCUT2D eigenvalue weighted by molar-refractivity contribution is 5.93. The van der Waals surface area contributed by atoms with Crippen molar-refractivity contribution >= 4 is 11.9 Å². The third-order valence-corrected chi connectivity index (χ3v) is 4.54. The molecule has 0 heterocycles. The highest BCUT2D eigenvalue weighted by Gasteiger charge is 2.31. The van der Waals surface area contributed by atoms with E-state index < -0.39 is 12.1 Å². The number of nitrogens with one attached hydrogen (secondary N) is 1. The first-order valence-electron chi connectivity index (χ1n) is 10.4. The summed E-state index contributed by atoms with van der Waals surface area (Å²) in [5, 5.41) is 2.92. The first-order valence-corrected chi connectivity index (χ1v) is 10.4. The molecule has 6 heteroatoms. The molecular formula is C24H29NO5. The Kier molecular flexibility index (Phi) is 7.33. The van der Waals surface area contributed by atoms with Crippen molar-refractivity contribution in [2.45, 2.75) is 45.8 Å². The number of hydrogen-bond acceptors (Lipinski definition) is 5. The van der Waals surface area contributed by atoms with Crippen molar-refractivity contribution in [2.24, 2.45) is 5.92 Å². The molecule has 3 rings (SSSR count). The predicted molar refractivity (Wildman–Crippen MR) is 114 cm³/mol. The fourth-order valence-corrected chi connectivity index (χ4v) is 2.86. The summed E-state index contributed by atoms with van der Waals surface area (Å²) in [6.45, 7) is 6.96. The van der Waals surface area contributed by atoms with Gasteiger partial charge >= 0.3 is 5.97 Å². The lowest BCUT2D eigenvalue weighted by Gasteiger charge is -2.19. The van der Waals surface area contributed by atoms with Crippen LogP contribution in [-0.2, 0) is 9.53 Å². The van der Waals surface area contributed by atoms with Gasteiger partial charge in [0.15, 0.2) is 11.5 Å². The van der Waals surface area contributed by atoms with Crippen molar-refractivity contribution in [3.8, 4) is 11.5 Å². The Labute approximate surface area is 177 Å². The van der Waals surface area contributed by atoms with E-state index in [1.54, 1.807) is 30.3 Å².